The number of benzene rings is 2. The molecular weight excluding hydrogens is 244 g/mol. The van der Waals surface area contributed by atoms with Crippen molar-refractivity contribution in [3.63, 3.8) is 0 Å². The van der Waals surface area contributed by atoms with Crippen molar-refractivity contribution in [2.24, 2.45) is 0 Å². The van der Waals surface area contributed by atoms with Gasteiger partial charge >= 0.3 is 5.97 Å². The van der Waals surface area contributed by atoms with E-state index in [2.05, 4.69) is 0 Å². The standard InChI is InChI=1S/C15H12O4/c1-10(16)11-5-4-6-12(9-11)19-14-8-3-2-7-13(14)15(17)18/h2-9H,1H3,(H,17,18). The van der Waals surface area contributed by atoms with E-state index >= 15 is 0 Å². The van der Waals surface area contributed by atoms with Crippen LogP contribution in [0.25, 0.3) is 0 Å². The average molecular weight is 256 g/mol. The Labute approximate surface area is 110 Å². The Bertz CT molecular complexity index is 632. The summed E-state index contributed by atoms with van der Waals surface area (Å²) in [6.07, 6.45) is 0. The fourth-order valence-corrected chi connectivity index (χ4v) is 1.64. The van der Waals surface area contributed by atoms with Crippen LogP contribution in [-0.4, -0.2) is 16.9 Å². The molecule has 0 spiro atoms. The number of ether oxygens (including phenoxy) is 1. The van der Waals surface area contributed by atoms with E-state index in [0.717, 1.165) is 0 Å². The molecule has 4 nitrogen and oxygen atoms in total. The van der Waals surface area contributed by atoms with E-state index in [1.54, 1.807) is 42.5 Å². The maximum atomic E-state index is 11.3. The van der Waals surface area contributed by atoms with Crippen molar-refractivity contribution in [2.75, 3.05) is 0 Å². The highest BCUT2D eigenvalue weighted by molar-refractivity contribution is 5.94. The van der Waals surface area contributed by atoms with Gasteiger partial charge in [0.15, 0.2) is 5.78 Å². The minimum Gasteiger partial charge on any atom is -0.478 e. The van der Waals surface area contributed by atoms with Crippen LogP contribution < -0.4 is 4.74 Å². The van der Waals surface area contributed by atoms with Crippen LogP contribution in [0.15, 0.2) is 48.5 Å². The van der Waals surface area contributed by atoms with Crippen molar-refractivity contribution in [2.45, 2.75) is 6.92 Å². The maximum absolute atomic E-state index is 11.3. The molecule has 1 N–H and O–H groups in total. The number of carboxylic acid groups (broad SMARTS) is 1. The molecule has 0 atom stereocenters. The second-order valence-electron chi connectivity index (χ2n) is 3.99. The molecule has 0 saturated heterocycles. The number of carboxylic acids is 1. The van der Waals surface area contributed by atoms with Gasteiger partial charge in [0.05, 0.1) is 0 Å². The van der Waals surface area contributed by atoms with Gasteiger partial charge in [-0.25, -0.2) is 4.79 Å². The predicted octanol–water partition coefficient (Wildman–Crippen LogP) is 3.38. The number of carbonyl (C=O) groups excluding carboxylic acids is 1. The van der Waals surface area contributed by atoms with Crippen LogP contribution in [0.2, 0.25) is 0 Å². The first-order valence-corrected chi connectivity index (χ1v) is 5.69. The molecule has 0 aliphatic rings. The fourth-order valence-electron chi connectivity index (χ4n) is 1.64. The second kappa shape index (κ2) is 5.35. The normalized spacial score (nSPS) is 9.95. The maximum Gasteiger partial charge on any atom is 0.339 e. The van der Waals surface area contributed by atoms with Crippen LogP contribution in [0.5, 0.6) is 11.5 Å². The van der Waals surface area contributed by atoms with E-state index in [1.165, 1.54) is 13.0 Å². The summed E-state index contributed by atoms with van der Waals surface area (Å²) in [7, 11) is 0. The van der Waals surface area contributed by atoms with Gasteiger partial charge in [-0.2, -0.15) is 0 Å². The topological polar surface area (TPSA) is 63.6 Å². The van der Waals surface area contributed by atoms with Crippen LogP contribution in [-0.2, 0) is 0 Å². The van der Waals surface area contributed by atoms with Gasteiger partial charge in [-0.05, 0) is 31.2 Å². The van der Waals surface area contributed by atoms with Crippen molar-refractivity contribution in [1.29, 1.82) is 0 Å². The molecule has 0 aliphatic heterocycles. The summed E-state index contributed by atoms with van der Waals surface area (Å²) in [6.45, 7) is 1.46. The number of aromatic carboxylic acids is 1. The van der Waals surface area contributed by atoms with Crippen molar-refractivity contribution in [3.8, 4) is 11.5 Å². The number of carbonyl (C=O) groups is 2. The highest BCUT2D eigenvalue weighted by Crippen LogP contribution is 2.25. The summed E-state index contributed by atoms with van der Waals surface area (Å²) in [5, 5.41) is 9.05. The third-order valence-corrected chi connectivity index (χ3v) is 2.59. The quantitative estimate of drug-likeness (QED) is 0.852. The third-order valence-electron chi connectivity index (χ3n) is 2.59. The lowest BCUT2D eigenvalue weighted by Gasteiger charge is -2.09. The molecule has 0 bridgehead atoms. The highest BCUT2D eigenvalue weighted by Gasteiger charge is 2.11. The number of ketones is 1. The van der Waals surface area contributed by atoms with Crippen LogP contribution >= 0.6 is 0 Å². The Kier molecular flexibility index (Phi) is 3.61. The second-order valence-corrected chi connectivity index (χ2v) is 3.99. The summed E-state index contributed by atoms with van der Waals surface area (Å²) < 4.78 is 5.53. The zero-order chi connectivity index (χ0) is 13.8. The van der Waals surface area contributed by atoms with Crippen LogP contribution in [0.3, 0.4) is 0 Å². The number of rotatable bonds is 4. The lowest BCUT2D eigenvalue weighted by Crippen LogP contribution is -2.00. The van der Waals surface area contributed by atoms with Crippen LogP contribution in [0.1, 0.15) is 27.6 Å². The van der Waals surface area contributed by atoms with Crippen molar-refractivity contribution < 1.29 is 19.4 Å². The number of para-hydroxylation sites is 1. The highest BCUT2D eigenvalue weighted by atomic mass is 16.5. The summed E-state index contributed by atoms with van der Waals surface area (Å²) in [5.74, 6) is -0.451. The minimum absolute atomic E-state index is 0.0723. The Hall–Kier alpha value is -2.62. The van der Waals surface area contributed by atoms with E-state index in [0.29, 0.717) is 11.3 Å². The number of Topliss-reactive ketones (excluding diaryl/α,β-unsaturated/α-hetero) is 1. The molecule has 19 heavy (non-hydrogen) atoms. The molecule has 2 aromatic rings. The van der Waals surface area contributed by atoms with Crippen molar-refractivity contribution in [3.05, 3.63) is 59.7 Å². The fraction of sp³-hybridized carbons (Fsp3) is 0.0667. The molecule has 0 unspecified atom stereocenters. The molecule has 0 aromatic heterocycles. The average Bonchev–Trinajstić information content (AvgIpc) is 2.39. The van der Waals surface area contributed by atoms with E-state index in [9.17, 15) is 9.59 Å². The number of hydrogen-bond acceptors (Lipinski definition) is 3. The zero-order valence-electron chi connectivity index (χ0n) is 10.3. The molecule has 2 rings (SSSR count). The monoisotopic (exact) mass is 256 g/mol. The smallest absolute Gasteiger partial charge is 0.339 e. The summed E-state index contributed by atoms with van der Waals surface area (Å²) in [6, 6.07) is 13.0. The molecule has 0 saturated carbocycles. The Morgan fingerprint density at radius 1 is 1.05 bits per heavy atom. The lowest BCUT2D eigenvalue weighted by molar-refractivity contribution is 0.0694. The van der Waals surface area contributed by atoms with Gasteiger partial charge < -0.3 is 9.84 Å². The van der Waals surface area contributed by atoms with E-state index < -0.39 is 5.97 Å². The SMILES string of the molecule is CC(=O)c1cccc(Oc2ccccc2C(=O)O)c1. The summed E-state index contributed by atoms with van der Waals surface area (Å²) in [5.41, 5.74) is 0.598. The van der Waals surface area contributed by atoms with Gasteiger partial charge in [0.25, 0.3) is 0 Å². The van der Waals surface area contributed by atoms with Gasteiger partial charge in [-0.15, -0.1) is 0 Å². The predicted molar refractivity (Wildman–Crippen MR) is 69.9 cm³/mol. The molecule has 0 aliphatic carbocycles. The van der Waals surface area contributed by atoms with Gasteiger partial charge in [0.2, 0.25) is 0 Å². The summed E-state index contributed by atoms with van der Waals surface area (Å²) >= 11 is 0. The number of hydrogen-bond donors (Lipinski definition) is 1. The molecule has 0 heterocycles. The largest absolute Gasteiger partial charge is 0.478 e. The van der Waals surface area contributed by atoms with Gasteiger partial charge in [0.1, 0.15) is 17.1 Å². The first kappa shape index (κ1) is 12.8. The lowest BCUT2D eigenvalue weighted by atomic mass is 10.1. The molecule has 0 amide bonds. The molecule has 0 fully saturated rings. The first-order chi connectivity index (χ1) is 9.08. The van der Waals surface area contributed by atoms with E-state index in [-0.39, 0.29) is 17.1 Å². The minimum atomic E-state index is -1.06. The Morgan fingerprint density at radius 3 is 2.47 bits per heavy atom. The summed E-state index contributed by atoms with van der Waals surface area (Å²) in [4.78, 5) is 22.3. The van der Waals surface area contributed by atoms with Gasteiger partial charge in [0, 0.05) is 5.56 Å². The molecule has 0 radical (unpaired) electrons. The first-order valence-electron chi connectivity index (χ1n) is 5.69. The van der Waals surface area contributed by atoms with Gasteiger partial charge in [-0.1, -0.05) is 24.3 Å². The van der Waals surface area contributed by atoms with Crippen LogP contribution in [0, 0.1) is 0 Å². The molecule has 96 valence electrons. The van der Waals surface area contributed by atoms with Crippen molar-refractivity contribution in [1.82, 2.24) is 0 Å². The third kappa shape index (κ3) is 2.98. The Morgan fingerprint density at radius 2 is 1.79 bits per heavy atom. The molecule has 2 aromatic carbocycles. The zero-order valence-corrected chi connectivity index (χ0v) is 10.3. The van der Waals surface area contributed by atoms with Crippen molar-refractivity contribution >= 4 is 11.8 Å². The van der Waals surface area contributed by atoms with Gasteiger partial charge in [-0.3, -0.25) is 4.79 Å². The van der Waals surface area contributed by atoms with E-state index in [4.69, 9.17) is 9.84 Å². The van der Waals surface area contributed by atoms with Crippen LogP contribution in [0.4, 0.5) is 0 Å². The molecule has 4 heteroatoms. The molecular formula is C15H12O4. The van der Waals surface area contributed by atoms with E-state index in [1.807, 2.05) is 0 Å². The Balaban J connectivity index is 2.34.